The Balaban J connectivity index is 2.60. The minimum Gasteiger partial charge on any atom is -0.494 e. The lowest BCUT2D eigenvalue weighted by atomic mass is 10.2. The van der Waals surface area contributed by atoms with Crippen molar-refractivity contribution in [2.75, 3.05) is 7.11 Å². The summed E-state index contributed by atoms with van der Waals surface area (Å²) in [5.74, 6) is -3.39. The molecule has 3 amide bonds. The Morgan fingerprint density at radius 3 is 2.33 bits per heavy atom. The predicted octanol–water partition coefficient (Wildman–Crippen LogP) is 0.120. The molecule has 0 heterocycles. The number of carbonyl (C=O) groups excluding carboxylic acids is 3. The van der Waals surface area contributed by atoms with Crippen molar-refractivity contribution in [2.45, 2.75) is 19.9 Å². The first-order valence-electron chi connectivity index (χ1n) is 6.10. The molecule has 3 N–H and O–H groups in total. The molecule has 0 spiro atoms. The fraction of sp³-hybridized carbons (Fsp3) is 0.308. The summed E-state index contributed by atoms with van der Waals surface area (Å²) in [4.78, 5) is 34.3. The zero-order valence-electron chi connectivity index (χ0n) is 11.8. The average molecular weight is 297 g/mol. The van der Waals surface area contributed by atoms with Crippen LogP contribution in [0.25, 0.3) is 0 Å². The fourth-order valence-electron chi connectivity index (χ4n) is 1.38. The first-order chi connectivity index (χ1) is 9.85. The second-order valence-corrected chi connectivity index (χ2v) is 4.39. The van der Waals surface area contributed by atoms with Crippen LogP contribution in [0.5, 0.6) is 5.75 Å². The lowest BCUT2D eigenvalue weighted by molar-refractivity contribution is -0.139. The van der Waals surface area contributed by atoms with Crippen molar-refractivity contribution in [2.24, 2.45) is 0 Å². The number of amides is 3. The second-order valence-electron chi connectivity index (χ2n) is 4.39. The van der Waals surface area contributed by atoms with Crippen molar-refractivity contribution in [3.05, 3.63) is 29.6 Å². The van der Waals surface area contributed by atoms with Crippen LogP contribution in [0.2, 0.25) is 0 Å². The van der Waals surface area contributed by atoms with Gasteiger partial charge in [0.05, 0.1) is 7.11 Å². The SMILES string of the molecule is COc1ccc(C(=O)NNC(=O)C(=O)NC(C)C)cc1F. The predicted molar refractivity (Wildman–Crippen MR) is 71.8 cm³/mol. The van der Waals surface area contributed by atoms with E-state index in [1.54, 1.807) is 13.8 Å². The van der Waals surface area contributed by atoms with Crippen LogP contribution in [0.1, 0.15) is 24.2 Å². The highest BCUT2D eigenvalue weighted by Crippen LogP contribution is 2.17. The number of benzene rings is 1. The number of rotatable bonds is 3. The van der Waals surface area contributed by atoms with Crippen molar-refractivity contribution < 1.29 is 23.5 Å². The van der Waals surface area contributed by atoms with E-state index in [1.807, 2.05) is 10.9 Å². The number of carbonyl (C=O) groups is 3. The van der Waals surface area contributed by atoms with Gasteiger partial charge >= 0.3 is 11.8 Å². The van der Waals surface area contributed by atoms with Gasteiger partial charge in [-0.3, -0.25) is 25.2 Å². The third kappa shape index (κ3) is 4.75. The van der Waals surface area contributed by atoms with Gasteiger partial charge in [0.15, 0.2) is 11.6 Å². The normalized spacial score (nSPS) is 9.95. The van der Waals surface area contributed by atoms with Crippen molar-refractivity contribution in [1.82, 2.24) is 16.2 Å². The van der Waals surface area contributed by atoms with E-state index < -0.39 is 23.5 Å². The Kier molecular flexibility index (Phi) is 5.65. The molecule has 0 aromatic heterocycles. The molecule has 1 rings (SSSR count). The third-order valence-corrected chi connectivity index (χ3v) is 2.33. The van der Waals surface area contributed by atoms with E-state index in [2.05, 4.69) is 5.32 Å². The van der Waals surface area contributed by atoms with Gasteiger partial charge in [-0.05, 0) is 32.0 Å². The van der Waals surface area contributed by atoms with Gasteiger partial charge in [-0.1, -0.05) is 0 Å². The number of hydrogen-bond donors (Lipinski definition) is 3. The molecule has 0 saturated heterocycles. The topological polar surface area (TPSA) is 96.5 Å². The van der Waals surface area contributed by atoms with Crippen molar-refractivity contribution >= 4 is 17.7 Å². The fourth-order valence-corrected chi connectivity index (χ4v) is 1.38. The molecule has 0 atom stereocenters. The number of halogens is 1. The number of hydrazine groups is 1. The zero-order valence-corrected chi connectivity index (χ0v) is 11.8. The average Bonchev–Trinajstić information content (AvgIpc) is 2.43. The summed E-state index contributed by atoms with van der Waals surface area (Å²) in [6.45, 7) is 3.37. The van der Waals surface area contributed by atoms with Gasteiger partial charge in [0, 0.05) is 11.6 Å². The number of ether oxygens (including phenoxy) is 1. The molecule has 0 fully saturated rings. The molecule has 0 aliphatic carbocycles. The van der Waals surface area contributed by atoms with Gasteiger partial charge in [0.1, 0.15) is 0 Å². The maximum absolute atomic E-state index is 13.4. The van der Waals surface area contributed by atoms with E-state index in [0.717, 1.165) is 6.07 Å². The molecule has 21 heavy (non-hydrogen) atoms. The van der Waals surface area contributed by atoms with E-state index in [4.69, 9.17) is 4.74 Å². The Labute approximate surface area is 120 Å². The van der Waals surface area contributed by atoms with E-state index in [1.165, 1.54) is 19.2 Å². The third-order valence-electron chi connectivity index (χ3n) is 2.33. The van der Waals surface area contributed by atoms with Crippen LogP contribution in [0.3, 0.4) is 0 Å². The second kappa shape index (κ2) is 7.22. The summed E-state index contributed by atoms with van der Waals surface area (Å²) in [6, 6.07) is 3.33. The molecule has 0 aliphatic rings. The summed E-state index contributed by atoms with van der Waals surface area (Å²) >= 11 is 0. The van der Waals surface area contributed by atoms with Crippen molar-refractivity contribution in [3.63, 3.8) is 0 Å². The highest BCUT2D eigenvalue weighted by molar-refractivity contribution is 6.35. The van der Waals surface area contributed by atoms with Gasteiger partial charge in [0.2, 0.25) is 0 Å². The van der Waals surface area contributed by atoms with E-state index in [9.17, 15) is 18.8 Å². The maximum Gasteiger partial charge on any atom is 0.327 e. The van der Waals surface area contributed by atoms with E-state index in [-0.39, 0.29) is 17.4 Å². The quantitative estimate of drug-likeness (QED) is 0.545. The highest BCUT2D eigenvalue weighted by atomic mass is 19.1. The molecule has 0 aliphatic heterocycles. The van der Waals surface area contributed by atoms with Gasteiger partial charge in [-0.2, -0.15) is 0 Å². The summed E-state index contributed by atoms with van der Waals surface area (Å²) in [5, 5.41) is 2.35. The van der Waals surface area contributed by atoms with Crippen LogP contribution >= 0.6 is 0 Å². The Hall–Kier alpha value is -2.64. The summed E-state index contributed by atoms with van der Waals surface area (Å²) in [5.41, 5.74) is 3.91. The number of nitrogens with one attached hydrogen (secondary N) is 3. The molecule has 1 aromatic rings. The van der Waals surface area contributed by atoms with Gasteiger partial charge in [-0.15, -0.1) is 0 Å². The van der Waals surface area contributed by atoms with Crippen LogP contribution in [0, 0.1) is 5.82 Å². The lowest BCUT2D eigenvalue weighted by Crippen LogP contribution is -2.49. The van der Waals surface area contributed by atoms with E-state index in [0.29, 0.717) is 0 Å². The Bertz CT molecular complexity index is 560. The molecule has 8 heteroatoms. The number of methoxy groups -OCH3 is 1. The van der Waals surface area contributed by atoms with E-state index >= 15 is 0 Å². The molecule has 114 valence electrons. The van der Waals surface area contributed by atoms with Gasteiger partial charge in [0.25, 0.3) is 5.91 Å². The molecular formula is C13H16FN3O4. The molecule has 0 saturated carbocycles. The minimum absolute atomic E-state index is 0.00750. The zero-order chi connectivity index (χ0) is 16.0. The maximum atomic E-state index is 13.4. The Morgan fingerprint density at radius 1 is 1.14 bits per heavy atom. The lowest BCUT2D eigenvalue weighted by Gasteiger charge is -2.10. The van der Waals surface area contributed by atoms with Crippen molar-refractivity contribution in [3.8, 4) is 5.75 Å². The summed E-state index contributed by atoms with van der Waals surface area (Å²) in [6.07, 6.45) is 0. The summed E-state index contributed by atoms with van der Waals surface area (Å²) in [7, 11) is 1.30. The van der Waals surface area contributed by atoms with Crippen LogP contribution in [0.15, 0.2) is 18.2 Å². The smallest absolute Gasteiger partial charge is 0.327 e. The minimum atomic E-state index is -1.02. The molecule has 1 aromatic carbocycles. The molecule has 0 bridgehead atoms. The largest absolute Gasteiger partial charge is 0.494 e. The van der Waals surface area contributed by atoms with Crippen molar-refractivity contribution in [1.29, 1.82) is 0 Å². The monoisotopic (exact) mass is 297 g/mol. The highest BCUT2D eigenvalue weighted by Gasteiger charge is 2.16. The molecule has 0 unspecified atom stereocenters. The molecular weight excluding hydrogens is 281 g/mol. The van der Waals surface area contributed by atoms with Crippen LogP contribution in [0.4, 0.5) is 4.39 Å². The van der Waals surface area contributed by atoms with Crippen LogP contribution in [-0.2, 0) is 9.59 Å². The molecule has 7 nitrogen and oxygen atoms in total. The van der Waals surface area contributed by atoms with Crippen LogP contribution in [-0.4, -0.2) is 30.9 Å². The van der Waals surface area contributed by atoms with Gasteiger partial charge < -0.3 is 10.1 Å². The standard InChI is InChI=1S/C13H16FN3O4/c1-7(2)15-12(19)13(20)17-16-11(18)8-4-5-10(21-3)9(14)6-8/h4-7H,1-3H3,(H,15,19)(H,16,18)(H,17,20). The number of hydrogen-bond acceptors (Lipinski definition) is 4. The first-order valence-corrected chi connectivity index (χ1v) is 6.10. The molecule has 0 radical (unpaired) electrons. The Morgan fingerprint density at radius 2 is 1.81 bits per heavy atom. The summed E-state index contributed by atoms with van der Waals surface area (Å²) < 4.78 is 18.1. The first kappa shape index (κ1) is 16.4. The van der Waals surface area contributed by atoms with Crippen LogP contribution < -0.4 is 20.9 Å². The van der Waals surface area contributed by atoms with Gasteiger partial charge in [-0.25, -0.2) is 4.39 Å².